The Kier molecular flexibility index (Phi) is 15.9. The van der Waals surface area contributed by atoms with Crippen molar-refractivity contribution in [2.75, 3.05) is 6.54 Å². The number of nitrogens with zero attached hydrogens (tertiary/aromatic N) is 3. The fraction of sp³-hybridized carbons (Fsp3) is 0.938. The third-order valence-corrected chi connectivity index (χ3v) is 3.71. The van der Waals surface area contributed by atoms with Gasteiger partial charge in [-0.25, -0.2) is 0 Å². The number of aliphatic carboxylic acids is 1. The first kappa shape index (κ1) is 19.8. The van der Waals surface area contributed by atoms with Crippen LogP contribution in [0.15, 0.2) is 5.11 Å². The van der Waals surface area contributed by atoms with Crippen molar-refractivity contribution in [2.24, 2.45) is 5.11 Å². The van der Waals surface area contributed by atoms with E-state index >= 15 is 0 Å². The molecule has 0 aromatic rings. The Morgan fingerprint density at radius 1 is 0.762 bits per heavy atom. The van der Waals surface area contributed by atoms with Crippen molar-refractivity contribution in [1.29, 1.82) is 0 Å². The molecule has 0 spiro atoms. The minimum absolute atomic E-state index is 0.322. The Bertz CT molecular complexity index is 275. The summed E-state index contributed by atoms with van der Waals surface area (Å²) in [7, 11) is 0. The van der Waals surface area contributed by atoms with Crippen molar-refractivity contribution >= 4 is 5.97 Å². The van der Waals surface area contributed by atoms with Crippen LogP contribution < -0.4 is 0 Å². The lowest BCUT2D eigenvalue weighted by Gasteiger charge is -2.02. The molecule has 0 bridgehead atoms. The van der Waals surface area contributed by atoms with Crippen LogP contribution in [0.25, 0.3) is 10.4 Å². The van der Waals surface area contributed by atoms with E-state index in [1.807, 2.05) is 0 Å². The second-order valence-electron chi connectivity index (χ2n) is 5.69. The minimum Gasteiger partial charge on any atom is -0.481 e. The predicted molar refractivity (Wildman–Crippen MR) is 86.3 cm³/mol. The second-order valence-corrected chi connectivity index (χ2v) is 5.69. The maximum absolute atomic E-state index is 10.3. The lowest BCUT2D eigenvalue weighted by molar-refractivity contribution is -0.137. The zero-order valence-corrected chi connectivity index (χ0v) is 13.3. The van der Waals surface area contributed by atoms with Crippen LogP contribution in [0.4, 0.5) is 0 Å². The summed E-state index contributed by atoms with van der Waals surface area (Å²) in [5.74, 6) is -0.673. The molecule has 0 aliphatic heterocycles. The van der Waals surface area contributed by atoms with Crippen molar-refractivity contribution < 1.29 is 9.90 Å². The summed E-state index contributed by atoms with van der Waals surface area (Å²) in [6.07, 6.45) is 16.0. The molecule has 0 aliphatic carbocycles. The van der Waals surface area contributed by atoms with Crippen molar-refractivity contribution in [2.45, 2.75) is 89.9 Å². The summed E-state index contributed by atoms with van der Waals surface area (Å²) < 4.78 is 0. The van der Waals surface area contributed by atoms with Gasteiger partial charge in [-0.3, -0.25) is 4.79 Å². The molecule has 0 unspecified atom stereocenters. The van der Waals surface area contributed by atoms with E-state index in [0.29, 0.717) is 13.0 Å². The molecule has 0 atom stereocenters. The Hall–Kier alpha value is -1.22. The number of hydrogen-bond acceptors (Lipinski definition) is 2. The van der Waals surface area contributed by atoms with Gasteiger partial charge in [-0.1, -0.05) is 75.7 Å². The van der Waals surface area contributed by atoms with Gasteiger partial charge >= 0.3 is 5.97 Å². The number of hydrogen-bond donors (Lipinski definition) is 1. The van der Waals surface area contributed by atoms with Crippen LogP contribution in [0.1, 0.15) is 89.9 Å². The largest absolute Gasteiger partial charge is 0.481 e. The first-order valence-electron chi connectivity index (χ1n) is 8.50. The van der Waals surface area contributed by atoms with Crippen LogP contribution in [0.2, 0.25) is 0 Å². The average molecular weight is 297 g/mol. The Balaban J connectivity index is 2.99. The van der Waals surface area contributed by atoms with Crippen LogP contribution in [0.5, 0.6) is 0 Å². The molecule has 0 rings (SSSR count). The van der Waals surface area contributed by atoms with Crippen molar-refractivity contribution in [1.82, 2.24) is 0 Å². The summed E-state index contributed by atoms with van der Waals surface area (Å²) in [6, 6.07) is 0. The molecule has 5 nitrogen and oxygen atoms in total. The van der Waals surface area contributed by atoms with E-state index in [0.717, 1.165) is 19.3 Å². The number of unbranched alkanes of at least 4 members (excludes halogenated alkanes) is 12. The van der Waals surface area contributed by atoms with E-state index in [1.54, 1.807) is 0 Å². The Morgan fingerprint density at radius 3 is 1.52 bits per heavy atom. The van der Waals surface area contributed by atoms with Crippen LogP contribution in [0, 0.1) is 0 Å². The maximum Gasteiger partial charge on any atom is 0.303 e. The van der Waals surface area contributed by atoms with E-state index < -0.39 is 5.97 Å². The van der Waals surface area contributed by atoms with Gasteiger partial charge in [0.1, 0.15) is 0 Å². The zero-order valence-electron chi connectivity index (χ0n) is 13.3. The van der Waals surface area contributed by atoms with Crippen LogP contribution in [0.3, 0.4) is 0 Å². The summed E-state index contributed by atoms with van der Waals surface area (Å²) in [5.41, 5.74) is 8.13. The molecule has 0 aromatic carbocycles. The molecule has 122 valence electrons. The summed E-state index contributed by atoms with van der Waals surface area (Å²) >= 11 is 0. The van der Waals surface area contributed by atoms with E-state index in [-0.39, 0.29) is 0 Å². The van der Waals surface area contributed by atoms with Gasteiger partial charge in [-0.2, -0.15) is 0 Å². The fourth-order valence-electron chi connectivity index (χ4n) is 2.45. The van der Waals surface area contributed by atoms with E-state index in [2.05, 4.69) is 10.0 Å². The highest BCUT2D eigenvalue weighted by molar-refractivity contribution is 5.66. The first-order valence-corrected chi connectivity index (χ1v) is 8.50. The minimum atomic E-state index is -0.673. The van der Waals surface area contributed by atoms with Gasteiger partial charge < -0.3 is 5.11 Å². The molecular weight excluding hydrogens is 266 g/mol. The maximum atomic E-state index is 10.3. The first-order chi connectivity index (χ1) is 10.3. The second kappa shape index (κ2) is 16.8. The number of azide groups is 1. The van der Waals surface area contributed by atoms with Crippen molar-refractivity contribution in [3.05, 3.63) is 10.4 Å². The van der Waals surface area contributed by atoms with Gasteiger partial charge in [0.05, 0.1) is 0 Å². The molecule has 5 heteroatoms. The van der Waals surface area contributed by atoms with E-state index in [9.17, 15) is 4.79 Å². The molecule has 0 heterocycles. The van der Waals surface area contributed by atoms with Gasteiger partial charge in [0.15, 0.2) is 0 Å². The van der Waals surface area contributed by atoms with E-state index in [1.165, 1.54) is 64.2 Å². The molecule has 0 amide bonds. The molecule has 0 aliphatic rings. The molecule has 21 heavy (non-hydrogen) atoms. The normalized spacial score (nSPS) is 10.3. The van der Waals surface area contributed by atoms with Crippen LogP contribution in [-0.4, -0.2) is 17.6 Å². The highest BCUT2D eigenvalue weighted by atomic mass is 16.4. The quantitative estimate of drug-likeness (QED) is 0.168. The van der Waals surface area contributed by atoms with Crippen LogP contribution >= 0.6 is 0 Å². The fourth-order valence-corrected chi connectivity index (χ4v) is 2.45. The highest BCUT2D eigenvalue weighted by Crippen LogP contribution is 2.12. The molecule has 0 aromatic heterocycles. The highest BCUT2D eigenvalue weighted by Gasteiger charge is 1.97. The van der Waals surface area contributed by atoms with Crippen molar-refractivity contribution in [3.8, 4) is 0 Å². The molecule has 1 N–H and O–H groups in total. The number of rotatable bonds is 16. The average Bonchev–Trinajstić information content (AvgIpc) is 2.46. The van der Waals surface area contributed by atoms with Gasteiger partial charge in [0, 0.05) is 17.9 Å². The third-order valence-electron chi connectivity index (χ3n) is 3.71. The molecule has 0 saturated heterocycles. The topological polar surface area (TPSA) is 86.1 Å². The van der Waals surface area contributed by atoms with Crippen molar-refractivity contribution in [3.63, 3.8) is 0 Å². The van der Waals surface area contributed by atoms with Gasteiger partial charge in [0.2, 0.25) is 0 Å². The lowest BCUT2D eigenvalue weighted by atomic mass is 10.0. The summed E-state index contributed by atoms with van der Waals surface area (Å²) in [4.78, 5) is 13.1. The number of carbonyl (C=O) groups is 1. The summed E-state index contributed by atoms with van der Waals surface area (Å²) in [5, 5.41) is 12.0. The van der Waals surface area contributed by atoms with Gasteiger partial charge in [-0.05, 0) is 18.4 Å². The van der Waals surface area contributed by atoms with Gasteiger partial charge in [-0.15, -0.1) is 0 Å². The number of carboxylic acids is 1. The zero-order chi connectivity index (χ0) is 15.6. The lowest BCUT2D eigenvalue weighted by Crippen LogP contribution is -1.93. The Labute approximate surface area is 128 Å². The molecular formula is C16H31N3O2. The predicted octanol–water partition coefficient (Wildman–Crippen LogP) is 5.84. The van der Waals surface area contributed by atoms with Crippen LogP contribution in [-0.2, 0) is 4.79 Å². The molecule has 0 saturated carbocycles. The summed E-state index contributed by atoms with van der Waals surface area (Å²) in [6.45, 7) is 0.642. The third kappa shape index (κ3) is 18.8. The standard InChI is InChI=1S/C16H31N3O2/c17-19-18-15-13-11-9-7-5-3-1-2-4-6-8-10-12-14-16(20)21/h1-15H2,(H,20,21). The Morgan fingerprint density at radius 2 is 1.14 bits per heavy atom. The molecule has 0 radical (unpaired) electrons. The number of carboxylic acid groups (broad SMARTS) is 1. The monoisotopic (exact) mass is 297 g/mol. The SMILES string of the molecule is [N-]=[N+]=NCCCCCCCCCCCCCCCC(=O)O. The molecule has 0 fully saturated rings. The smallest absolute Gasteiger partial charge is 0.303 e. The van der Waals surface area contributed by atoms with E-state index in [4.69, 9.17) is 10.6 Å². The van der Waals surface area contributed by atoms with Gasteiger partial charge in [0.25, 0.3) is 0 Å².